The number of hydrogen-bond donors (Lipinski definition) is 2. The quantitative estimate of drug-likeness (QED) is 0.782. The summed E-state index contributed by atoms with van der Waals surface area (Å²) in [6, 6.07) is -0.683. The molecular formula is C6H11BrN2O2S. The van der Waals surface area contributed by atoms with E-state index in [1.807, 2.05) is 6.26 Å². The molecule has 0 radical (unpaired) electrons. The van der Waals surface area contributed by atoms with E-state index in [2.05, 4.69) is 15.9 Å². The molecule has 3 N–H and O–H groups in total. The van der Waals surface area contributed by atoms with Crippen molar-refractivity contribution in [3.8, 4) is 4.98 Å². The maximum absolute atomic E-state index is 10.1. The number of nitrogens with zero attached hydrogens (tertiary/aromatic N) is 1. The van der Waals surface area contributed by atoms with Crippen LogP contribution in [0.1, 0.15) is 6.42 Å². The van der Waals surface area contributed by atoms with Gasteiger partial charge >= 0.3 is 5.97 Å². The van der Waals surface area contributed by atoms with Gasteiger partial charge in [-0.3, -0.25) is 4.79 Å². The number of aliphatic carboxylic acids is 1. The van der Waals surface area contributed by atoms with E-state index in [9.17, 15) is 4.79 Å². The number of halogens is 1. The van der Waals surface area contributed by atoms with Gasteiger partial charge in [0.05, 0.1) is 0 Å². The van der Waals surface area contributed by atoms with Crippen LogP contribution in [-0.2, 0) is 4.79 Å². The number of carbonyl (C=O) groups is 1. The lowest BCUT2D eigenvalue weighted by molar-refractivity contribution is -0.138. The van der Waals surface area contributed by atoms with Crippen molar-refractivity contribution >= 4 is 33.7 Å². The van der Waals surface area contributed by atoms with E-state index in [1.165, 1.54) is 0 Å². The normalized spacial score (nSPS) is 10.5. The smallest absolute Gasteiger partial charge is 0.320 e. The lowest BCUT2D eigenvalue weighted by Crippen LogP contribution is -2.30. The predicted molar refractivity (Wildman–Crippen MR) is 53.2 cm³/mol. The molecule has 0 aromatic carbocycles. The Balaban J connectivity index is 0. The van der Waals surface area contributed by atoms with Crippen LogP contribution >= 0.6 is 27.7 Å². The van der Waals surface area contributed by atoms with Crippen LogP contribution in [0.2, 0.25) is 0 Å². The van der Waals surface area contributed by atoms with Crippen molar-refractivity contribution in [2.45, 2.75) is 12.5 Å². The van der Waals surface area contributed by atoms with Gasteiger partial charge in [0.15, 0.2) is 0 Å². The second-order valence-electron chi connectivity index (χ2n) is 1.81. The zero-order valence-electron chi connectivity index (χ0n) is 6.66. The molecule has 0 saturated heterocycles. The zero-order chi connectivity index (χ0) is 9.98. The Labute approximate surface area is 84.2 Å². The van der Waals surface area contributed by atoms with Crippen LogP contribution in [-0.4, -0.2) is 29.1 Å². The number of nitriles is 1. The predicted octanol–water partition coefficient (Wildman–Crippen LogP) is 1.01. The molecule has 0 heterocycles. The third-order valence-corrected chi connectivity index (χ3v) is 1.59. The van der Waals surface area contributed by atoms with Gasteiger partial charge in [-0.05, 0) is 18.4 Å². The molecule has 1 atom stereocenters. The van der Waals surface area contributed by atoms with E-state index >= 15 is 0 Å². The fraction of sp³-hybridized carbons (Fsp3) is 0.667. The largest absolute Gasteiger partial charge is 0.480 e. The minimum atomic E-state index is -0.913. The van der Waals surface area contributed by atoms with Crippen molar-refractivity contribution < 1.29 is 9.90 Å². The highest BCUT2D eigenvalue weighted by molar-refractivity contribution is 9.12. The third kappa shape index (κ3) is 12.4. The molecule has 6 heteroatoms. The van der Waals surface area contributed by atoms with Gasteiger partial charge in [-0.1, -0.05) is 0 Å². The van der Waals surface area contributed by atoms with Crippen LogP contribution in [0.4, 0.5) is 0 Å². The van der Waals surface area contributed by atoms with E-state index in [0.717, 1.165) is 5.75 Å². The first-order valence-corrected chi connectivity index (χ1v) is 5.25. The molecule has 0 aliphatic rings. The number of nitrogens with two attached hydrogens (primary N) is 1. The molecule has 0 bridgehead atoms. The average Bonchev–Trinajstić information content (AvgIpc) is 2.01. The Morgan fingerprint density at radius 3 is 2.58 bits per heavy atom. The standard InChI is InChI=1S/C5H11NO2S.CBrN/c1-9-3-2-4(6)5(7)8;2-1-3/h4H,2-3,6H2,1H3,(H,7,8);/t4-;/m0./s1. The SMILES string of the molecule is CSCC[C@H](N)C(=O)O.N#CBr. The Bertz CT molecular complexity index is 160. The highest BCUT2D eigenvalue weighted by atomic mass is 79.9. The van der Waals surface area contributed by atoms with Crippen LogP contribution in [0.15, 0.2) is 0 Å². The topological polar surface area (TPSA) is 87.1 Å². The highest BCUT2D eigenvalue weighted by Crippen LogP contribution is 1.97. The molecule has 70 valence electrons. The van der Waals surface area contributed by atoms with Gasteiger partial charge in [-0.2, -0.15) is 17.0 Å². The second kappa shape index (κ2) is 10.8. The van der Waals surface area contributed by atoms with Crippen LogP contribution in [0.3, 0.4) is 0 Å². The van der Waals surface area contributed by atoms with Crippen molar-refractivity contribution in [3.05, 3.63) is 0 Å². The third-order valence-electron chi connectivity index (χ3n) is 0.950. The van der Waals surface area contributed by atoms with Gasteiger partial charge < -0.3 is 10.8 Å². The summed E-state index contributed by atoms with van der Waals surface area (Å²) in [6.07, 6.45) is 2.48. The van der Waals surface area contributed by atoms with Crippen molar-refractivity contribution in [3.63, 3.8) is 0 Å². The van der Waals surface area contributed by atoms with Crippen molar-refractivity contribution in [2.75, 3.05) is 12.0 Å². The highest BCUT2D eigenvalue weighted by Gasteiger charge is 2.08. The van der Waals surface area contributed by atoms with E-state index in [-0.39, 0.29) is 0 Å². The fourth-order valence-electron chi connectivity index (χ4n) is 0.368. The minimum absolute atomic E-state index is 0.552. The Kier molecular flexibility index (Phi) is 12.8. The van der Waals surface area contributed by atoms with E-state index in [0.29, 0.717) is 6.42 Å². The van der Waals surface area contributed by atoms with E-state index in [4.69, 9.17) is 16.1 Å². The van der Waals surface area contributed by atoms with Crippen LogP contribution in [0.5, 0.6) is 0 Å². The Hall–Kier alpha value is -0.250. The Morgan fingerprint density at radius 1 is 1.92 bits per heavy atom. The molecule has 0 aromatic heterocycles. The molecule has 0 aromatic rings. The minimum Gasteiger partial charge on any atom is -0.480 e. The van der Waals surface area contributed by atoms with Crippen molar-refractivity contribution in [2.24, 2.45) is 5.73 Å². The summed E-state index contributed by atoms with van der Waals surface area (Å²) in [5, 5.41) is 15.5. The number of thioether (sulfide) groups is 1. The van der Waals surface area contributed by atoms with Gasteiger partial charge in [0.25, 0.3) is 0 Å². The van der Waals surface area contributed by atoms with Crippen LogP contribution in [0.25, 0.3) is 0 Å². The van der Waals surface area contributed by atoms with E-state index in [1.54, 1.807) is 16.7 Å². The molecule has 4 nitrogen and oxygen atoms in total. The number of carboxylic acids is 1. The summed E-state index contributed by atoms with van der Waals surface area (Å²) >= 11 is 4.06. The first-order valence-electron chi connectivity index (χ1n) is 3.07. The van der Waals surface area contributed by atoms with Crippen molar-refractivity contribution in [1.82, 2.24) is 0 Å². The Morgan fingerprint density at radius 2 is 2.33 bits per heavy atom. The summed E-state index contributed by atoms with van der Waals surface area (Å²) in [6.45, 7) is 0. The maximum Gasteiger partial charge on any atom is 0.320 e. The lowest BCUT2D eigenvalue weighted by atomic mass is 10.2. The first-order chi connectivity index (χ1) is 5.59. The van der Waals surface area contributed by atoms with Gasteiger partial charge in [-0.25, -0.2) is 0 Å². The monoisotopic (exact) mass is 254 g/mol. The lowest BCUT2D eigenvalue weighted by Gasteiger charge is -2.02. The molecule has 0 amide bonds. The molecule has 0 rings (SSSR count). The summed E-state index contributed by atoms with van der Waals surface area (Å²) in [4.78, 5) is 11.6. The van der Waals surface area contributed by atoms with Crippen LogP contribution in [0, 0.1) is 10.2 Å². The molecule has 0 fully saturated rings. The molecule has 0 saturated carbocycles. The van der Waals surface area contributed by atoms with Gasteiger partial charge in [-0.15, -0.1) is 0 Å². The zero-order valence-corrected chi connectivity index (χ0v) is 9.06. The summed E-state index contributed by atoms with van der Waals surface area (Å²) in [7, 11) is 0. The number of carboxylic acid groups (broad SMARTS) is 1. The second-order valence-corrected chi connectivity index (χ2v) is 3.15. The molecule has 0 aliphatic heterocycles. The first kappa shape index (κ1) is 14.3. The van der Waals surface area contributed by atoms with Gasteiger partial charge in [0.2, 0.25) is 0 Å². The van der Waals surface area contributed by atoms with E-state index < -0.39 is 12.0 Å². The fourth-order valence-corrected chi connectivity index (χ4v) is 0.858. The van der Waals surface area contributed by atoms with Gasteiger partial charge in [0.1, 0.15) is 11.0 Å². The molecule has 0 unspecified atom stereocenters. The number of hydrogen-bond acceptors (Lipinski definition) is 4. The molecule has 0 aliphatic carbocycles. The molecule has 0 spiro atoms. The number of rotatable bonds is 4. The van der Waals surface area contributed by atoms with Crippen LogP contribution < -0.4 is 5.73 Å². The summed E-state index contributed by atoms with van der Waals surface area (Å²) < 4.78 is 0. The van der Waals surface area contributed by atoms with Crippen molar-refractivity contribution in [1.29, 1.82) is 5.26 Å². The molecule has 12 heavy (non-hydrogen) atoms. The summed E-state index contributed by atoms with van der Waals surface area (Å²) in [5.41, 5.74) is 5.19. The maximum atomic E-state index is 10.1. The molecular weight excluding hydrogens is 244 g/mol. The average molecular weight is 255 g/mol. The summed E-state index contributed by atoms with van der Waals surface area (Å²) in [5.74, 6) is -0.1000. The van der Waals surface area contributed by atoms with Gasteiger partial charge in [0, 0.05) is 15.9 Å².